The van der Waals surface area contributed by atoms with Crippen molar-refractivity contribution in [3.05, 3.63) is 65.7 Å². The van der Waals surface area contributed by atoms with Gasteiger partial charge in [-0.15, -0.1) is 0 Å². The van der Waals surface area contributed by atoms with Gasteiger partial charge in [-0.3, -0.25) is 24.0 Å². The molecule has 2 rings (SSSR count). The second-order valence-electron chi connectivity index (χ2n) is 9.63. The molecule has 42 heavy (non-hydrogen) atoms. The normalized spacial score (nSPS) is 13.5. The Labute approximate surface area is 241 Å². The van der Waals surface area contributed by atoms with E-state index in [2.05, 4.69) is 16.0 Å². The Morgan fingerprint density at radius 1 is 0.667 bits per heavy atom. The van der Waals surface area contributed by atoms with Crippen molar-refractivity contribution in [3.63, 3.8) is 0 Å². The van der Waals surface area contributed by atoms with Crippen molar-refractivity contribution >= 4 is 35.6 Å². The molecule has 0 aliphatic rings. The summed E-state index contributed by atoms with van der Waals surface area (Å²) in [6.07, 6.45) is -1.50. The molecule has 226 valence electrons. The molecule has 0 spiro atoms. The molecule has 0 aliphatic carbocycles. The molecule has 0 saturated carbocycles. The first-order valence-corrected chi connectivity index (χ1v) is 13.1. The Morgan fingerprint density at radius 2 is 1.17 bits per heavy atom. The van der Waals surface area contributed by atoms with Gasteiger partial charge in [0.1, 0.15) is 23.9 Å². The van der Waals surface area contributed by atoms with Crippen LogP contribution in [0.4, 0.5) is 0 Å². The Balaban J connectivity index is 2.17. The monoisotopic (exact) mass is 585 g/mol. The summed E-state index contributed by atoms with van der Waals surface area (Å²) < 4.78 is 0. The summed E-state index contributed by atoms with van der Waals surface area (Å²) in [7, 11) is 0. The first kappa shape index (κ1) is 33.2. The third-order valence-electron chi connectivity index (χ3n) is 6.22. The molecule has 0 saturated heterocycles. The minimum absolute atomic E-state index is 0.0202. The molecule has 0 aliphatic heterocycles. The first-order chi connectivity index (χ1) is 19.8. The third-order valence-corrected chi connectivity index (χ3v) is 6.22. The van der Waals surface area contributed by atoms with E-state index in [1.165, 1.54) is 12.1 Å². The van der Waals surface area contributed by atoms with Crippen LogP contribution in [-0.4, -0.2) is 75.1 Å². The molecule has 0 aromatic heterocycles. The van der Waals surface area contributed by atoms with Crippen molar-refractivity contribution in [3.8, 4) is 5.75 Å². The van der Waals surface area contributed by atoms with Crippen molar-refractivity contribution in [1.29, 1.82) is 0 Å². The number of amides is 4. The van der Waals surface area contributed by atoms with E-state index >= 15 is 0 Å². The highest BCUT2D eigenvalue weighted by molar-refractivity contribution is 5.94. The zero-order valence-electron chi connectivity index (χ0n) is 22.7. The van der Waals surface area contributed by atoms with Crippen LogP contribution in [0.1, 0.15) is 36.8 Å². The number of carboxylic acid groups (broad SMARTS) is 2. The predicted octanol–water partition coefficient (Wildman–Crippen LogP) is -0.826. The van der Waals surface area contributed by atoms with E-state index in [1.54, 1.807) is 42.5 Å². The van der Waals surface area contributed by atoms with Gasteiger partial charge in [0.05, 0.1) is 6.04 Å². The van der Waals surface area contributed by atoms with Crippen LogP contribution < -0.4 is 27.4 Å². The molecule has 14 heteroatoms. The number of primary amides is 1. The summed E-state index contributed by atoms with van der Waals surface area (Å²) >= 11 is 0. The van der Waals surface area contributed by atoms with Crippen LogP contribution in [0, 0.1) is 0 Å². The summed E-state index contributed by atoms with van der Waals surface area (Å²) in [5, 5.41) is 35.3. The van der Waals surface area contributed by atoms with Gasteiger partial charge in [0, 0.05) is 19.3 Å². The number of aromatic hydroxyl groups is 1. The van der Waals surface area contributed by atoms with Crippen molar-refractivity contribution < 1.29 is 44.1 Å². The van der Waals surface area contributed by atoms with Gasteiger partial charge in [0.25, 0.3) is 0 Å². The van der Waals surface area contributed by atoms with Crippen LogP contribution in [0.2, 0.25) is 0 Å². The van der Waals surface area contributed by atoms with E-state index in [0.717, 1.165) is 0 Å². The number of phenols is 1. The number of carbonyl (C=O) groups is 6. The summed E-state index contributed by atoms with van der Waals surface area (Å²) in [5.41, 5.74) is 12.4. The number of hydrogen-bond acceptors (Lipinski definition) is 8. The quantitative estimate of drug-likeness (QED) is 0.114. The summed E-state index contributed by atoms with van der Waals surface area (Å²) in [6.45, 7) is 0. The molecular formula is C28H35N5O9. The number of carboxylic acids is 2. The molecule has 10 N–H and O–H groups in total. The lowest BCUT2D eigenvalue weighted by Gasteiger charge is -2.25. The minimum atomic E-state index is -1.43. The lowest BCUT2D eigenvalue weighted by atomic mass is 10.0. The summed E-state index contributed by atoms with van der Waals surface area (Å²) in [5.74, 6) is -5.98. The van der Waals surface area contributed by atoms with Crippen molar-refractivity contribution in [1.82, 2.24) is 16.0 Å². The minimum Gasteiger partial charge on any atom is -0.508 e. The fraction of sp³-hybridized carbons (Fsp3) is 0.357. The third kappa shape index (κ3) is 11.6. The molecule has 4 unspecified atom stereocenters. The van der Waals surface area contributed by atoms with E-state index in [1.807, 2.05) is 0 Å². The number of hydrogen-bond donors (Lipinski definition) is 8. The van der Waals surface area contributed by atoms with E-state index in [-0.39, 0.29) is 37.9 Å². The predicted molar refractivity (Wildman–Crippen MR) is 149 cm³/mol. The smallest absolute Gasteiger partial charge is 0.326 e. The maximum atomic E-state index is 13.2. The number of nitrogens with one attached hydrogen (secondary N) is 3. The maximum Gasteiger partial charge on any atom is 0.326 e. The Hall–Kier alpha value is -4.98. The highest BCUT2D eigenvalue weighted by Gasteiger charge is 2.31. The molecule has 14 nitrogen and oxygen atoms in total. The van der Waals surface area contributed by atoms with Gasteiger partial charge in [-0.2, -0.15) is 0 Å². The van der Waals surface area contributed by atoms with Crippen molar-refractivity contribution in [2.24, 2.45) is 11.5 Å². The molecule has 2 aromatic carbocycles. The number of carbonyl (C=O) groups excluding carboxylic acids is 4. The highest BCUT2D eigenvalue weighted by atomic mass is 16.4. The zero-order valence-corrected chi connectivity index (χ0v) is 22.7. The second-order valence-corrected chi connectivity index (χ2v) is 9.63. The van der Waals surface area contributed by atoms with Crippen LogP contribution in [0.25, 0.3) is 0 Å². The summed E-state index contributed by atoms with van der Waals surface area (Å²) in [6, 6.07) is 9.07. The van der Waals surface area contributed by atoms with Gasteiger partial charge < -0.3 is 42.7 Å². The fourth-order valence-electron chi connectivity index (χ4n) is 3.94. The lowest BCUT2D eigenvalue weighted by molar-refractivity contribution is -0.142. The Kier molecular flexibility index (Phi) is 12.9. The Bertz CT molecular complexity index is 1250. The van der Waals surface area contributed by atoms with E-state index in [9.17, 15) is 39.0 Å². The average molecular weight is 586 g/mol. The van der Waals surface area contributed by atoms with Gasteiger partial charge in [0.15, 0.2) is 0 Å². The van der Waals surface area contributed by atoms with Crippen LogP contribution >= 0.6 is 0 Å². The van der Waals surface area contributed by atoms with Gasteiger partial charge in [-0.05, 0) is 42.5 Å². The van der Waals surface area contributed by atoms with E-state index in [0.29, 0.717) is 11.1 Å². The van der Waals surface area contributed by atoms with Gasteiger partial charge in [0.2, 0.25) is 23.6 Å². The zero-order chi connectivity index (χ0) is 31.2. The standard InChI is InChI=1S/C28H35N5O9/c29-19(14-17-6-8-18(34)9-7-17)25(38)31-21(11-13-24(36)37)26(39)32-20(10-12-23(30)35)27(40)33-22(28(41)42)15-16-4-2-1-3-5-16/h1-9,19-22,34H,10-15,29H2,(H2,30,35)(H,31,38)(H,32,39)(H,33,40)(H,36,37)(H,41,42). The molecule has 4 amide bonds. The van der Waals surface area contributed by atoms with Gasteiger partial charge >= 0.3 is 11.9 Å². The maximum absolute atomic E-state index is 13.2. The van der Waals surface area contributed by atoms with Crippen LogP contribution in [-0.2, 0) is 41.6 Å². The lowest BCUT2D eigenvalue weighted by Crippen LogP contribution is -2.57. The number of phenolic OH excluding ortho intramolecular Hbond substituents is 1. The molecule has 0 fully saturated rings. The average Bonchev–Trinajstić information content (AvgIpc) is 2.94. The number of aliphatic carboxylic acids is 2. The Morgan fingerprint density at radius 3 is 1.69 bits per heavy atom. The van der Waals surface area contributed by atoms with Crippen LogP contribution in [0.3, 0.4) is 0 Å². The number of rotatable bonds is 17. The van der Waals surface area contributed by atoms with Crippen molar-refractivity contribution in [2.75, 3.05) is 0 Å². The van der Waals surface area contributed by atoms with Crippen LogP contribution in [0.15, 0.2) is 54.6 Å². The fourth-order valence-corrected chi connectivity index (χ4v) is 3.94. The van der Waals surface area contributed by atoms with E-state index < -0.39 is 66.2 Å². The van der Waals surface area contributed by atoms with E-state index in [4.69, 9.17) is 16.6 Å². The largest absolute Gasteiger partial charge is 0.508 e. The van der Waals surface area contributed by atoms with Crippen molar-refractivity contribution in [2.45, 2.75) is 62.7 Å². The second kappa shape index (κ2) is 16.3. The molecule has 0 heterocycles. The number of nitrogens with two attached hydrogens (primary N) is 2. The first-order valence-electron chi connectivity index (χ1n) is 13.1. The molecule has 4 atom stereocenters. The molecule has 2 aromatic rings. The summed E-state index contributed by atoms with van der Waals surface area (Å²) in [4.78, 5) is 73.5. The van der Waals surface area contributed by atoms with Crippen LogP contribution in [0.5, 0.6) is 5.75 Å². The van der Waals surface area contributed by atoms with Gasteiger partial charge in [-0.25, -0.2) is 4.79 Å². The highest BCUT2D eigenvalue weighted by Crippen LogP contribution is 2.12. The molecular weight excluding hydrogens is 550 g/mol. The molecule has 0 bridgehead atoms. The molecule has 0 radical (unpaired) electrons. The number of benzene rings is 2. The SMILES string of the molecule is NC(=O)CCC(NC(=O)C(CCC(=O)O)NC(=O)C(N)Cc1ccc(O)cc1)C(=O)NC(Cc1ccccc1)C(=O)O. The topological polar surface area (TPSA) is 251 Å². The van der Waals surface area contributed by atoms with Gasteiger partial charge in [-0.1, -0.05) is 42.5 Å².